The van der Waals surface area contributed by atoms with Crippen LogP contribution in [0.15, 0.2) is 56.8 Å². The van der Waals surface area contributed by atoms with E-state index in [4.69, 9.17) is 9.15 Å². The fourth-order valence-electron chi connectivity index (χ4n) is 2.36. The maximum Gasteiger partial charge on any atom is 0.266 e. The highest BCUT2D eigenvalue weighted by molar-refractivity contribution is 8.18. The van der Waals surface area contributed by atoms with Crippen LogP contribution in [0.2, 0.25) is 0 Å². The van der Waals surface area contributed by atoms with Crippen LogP contribution >= 0.6 is 11.8 Å². The summed E-state index contributed by atoms with van der Waals surface area (Å²) in [6, 6.07) is 13.3. The second kappa shape index (κ2) is 8.18. The summed E-state index contributed by atoms with van der Waals surface area (Å²) in [5, 5.41) is 0.658. The first-order valence-electron chi connectivity index (χ1n) is 8.16. The zero-order chi connectivity index (χ0) is 17.6. The molecule has 0 aliphatic carbocycles. The van der Waals surface area contributed by atoms with E-state index in [1.54, 1.807) is 11.0 Å². The van der Waals surface area contributed by atoms with Crippen molar-refractivity contribution in [1.82, 2.24) is 4.90 Å². The minimum absolute atomic E-state index is 0.0755. The SMILES string of the molecule is CCOCCN1C(=O)/C(=C/c2ccc(C)o2)SC1=Nc1ccccc1. The third-order valence-electron chi connectivity index (χ3n) is 3.57. The van der Waals surface area contributed by atoms with Crippen LogP contribution in [-0.4, -0.2) is 35.7 Å². The van der Waals surface area contributed by atoms with Gasteiger partial charge in [-0.15, -0.1) is 0 Å². The molecule has 2 aromatic rings. The fourth-order valence-corrected chi connectivity index (χ4v) is 3.37. The standard InChI is InChI=1S/C19H20N2O3S/c1-3-23-12-11-21-18(22)17(13-16-10-9-14(2)24-16)25-19(21)20-15-7-5-4-6-8-15/h4-10,13H,3,11-12H2,1-2H3/b17-13-,20-19?. The Morgan fingerprint density at radius 1 is 1.24 bits per heavy atom. The van der Waals surface area contributed by atoms with E-state index in [1.165, 1.54) is 11.8 Å². The van der Waals surface area contributed by atoms with Crippen molar-refractivity contribution < 1.29 is 13.9 Å². The Morgan fingerprint density at radius 3 is 2.72 bits per heavy atom. The summed E-state index contributed by atoms with van der Waals surface area (Å²) in [4.78, 5) is 19.7. The van der Waals surface area contributed by atoms with Gasteiger partial charge >= 0.3 is 0 Å². The Bertz CT molecular complexity index is 796. The Morgan fingerprint density at radius 2 is 2.04 bits per heavy atom. The molecule has 0 radical (unpaired) electrons. The second-order valence-corrected chi connectivity index (χ2v) is 6.45. The number of nitrogens with zero attached hydrogens (tertiary/aromatic N) is 2. The van der Waals surface area contributed by atoms with Crippen LogP contribution in [0.5, 0.6) is 0 Å². The van der Waals surface area contributed by atoms with Crippen molar-refractivity contribution in [2.75, 3.05) is 19.8 Å². The van der Waals surface area contributed by atoms with E-state index in [1.807, 2.05) is 56.3 Å². The van der Waals surface area contributed by atoms with Crippen molar-refractivity contribution in [2.24, 2.45) is 4.99 Å². The van der Waals surface area contributed by atoms with Crippen LogP contribution in [-0.2, 0) is 9.53 Å². The Balaban J connectivity index is 1.87. The zero-order valence-electron chi connectivity index (χ0n) is 14.3. The number of amidine groups is 1. The summed E-state index contributed by atoms with van der Waals surface area (Å²) in [5.41, 5.74) is 0.814. The zero-order valence-corrected chi connectivity index (χ0v) is 15.1. The minimum atomic E-state index is -0.0755. The molecule has 2 heterocycles. The number of rotatable bonds is 6. The van der Waals surface area contributed by atoms with Gasteiger partial charge in [0, 0.05) is 12.7 Å². The van der Waals surface area contributed by atoms with E-state index >= 15 is 0 Å². The van der Waals surface area contributed by atoms with Crippen molar-refractivity contribution in [3.8, 4) is 0 Å². The van der Waals surface area contributed by atoms with Gasteiger partial charge in [-0.2, -0.15) is 0 Å². The summed E-state index contributed by atoms with van der Waals surface area (Å²) in [6.45, 7) is 5.38. The molecule has 0 bridgehead atoms. The van der Waals surface area contributed by atoms with E-state index in [0.717, 1.165) is 11.4 Å². The highest BCUT2D eigenvalue weighted by Gasteiger charge is 2.33. The van der Waals surface area contributed by atoms with Crippen LogP contribution in [0.4, 0.5) is 5.69 Å². The lowest BCUT2D eigenvalue weighted by atomic mass is 10.3. The Kier molecular flexibility index (Phi) is 5.73. The van der Waals surface area contributed by atoms with Crippen LogP contribution < -0.4 is 0 Å². The number of carbonyl (C=O) groups is 1. The highest BCUT2D eigenvalue weighted by Crippen LogP contribution is 2.34. The highest BCUT2D eigenvalue weighted by atomic mass is 32.2. The van der Waals surface area contributed by atoms with Gasteiger partial charge in [0.1, 0.15) is 11.5 Å². The fraction of sp³-hybridized carbons (Fsp3) is 0.263. The maximum atomic E-state index is 12.8. The number of aliphatic imine (C=N–C) groups is 1. The van der Waals surface area contributed by atoms with Gasteiger partial charge in [-0.3, -0.25) is 9.69 Å². The lowest BCUT2D eigenvalue weighted by Gasteiger charge is -2.15. The third kappa shape index (κ3) is 4.41. The molecule has 0 spiro atoms. The minimum Gasteiger partial charge on any atom is -0.462 e. The molecule has 0 unspecified atom stereocenters. The number of amides is 1. The van der Waals surface area contributed by atoms with Crippen molar-refractivity contribution in [3.63, 3.8) is 0 Å². The van der Waals surface area contributed by atoms with Crippen LogP contribution in [0.25, 0.3) is 6.08 Å². The molecule has 0 saturated carbocycles. The van der Waals surface area contributed by atoms with Gasteiger partial charge in [-0.05, 0) is 49.9 Å². The Labute approximate surface area is 151 Å². The second-order valence-electron chi connectivity index (χ2n) is 5.44. The number of thioether (sulfide) groups is 1. The van der Waals surface area contributed by atoms with E-state index < -0.39 is 0 Å². The average molecular weight is 356 g/mol. The first-order chi connectivity index (χ1) is 12.2. The summed E-state index contributed by atoms with van der Waals surface area (Å²) in [5.74, 6) is 1.40. The van der Waals surface area contributed by atoms with Gasteiger partial charge in [-0.25, -0.2) is 4.99 Å². The largest absolute Gasteiger partial charge is 0.462 e. The van der Waals surface area contributed by atoms with Crippen LogP contribution in [0.1, 0.15) is 18.4 Å². The molecule has 0 atom stereocenters. The van der Waals surface area contributed by atoms with Gasteiger partial charge < -0.3 is 9.15 Å². The maximum absolute atomic E-state index is 12.8. The van der Waals surface area contributed by atoms with E-state index in [0.29, 0.717) is 35.6 Å². The molecular weight excluding hydrogens is 336 g/mol. The molecule has 6 heteroatoms. The van der Waals surface area contributed by atoms with E-state index in [2.05, 4.69) is 4.99 Å². The molecule has 1 aliphatic rings. The summed E-state index contributed by atoms with van der Waals surface area (Å²) >= 11 is 1.36. The van der Waals surface area contributed by atoms with E-state index in [9.17, 15) is 4.79 Å². The number of hydrogen-bond acceptors (Lipinski definition) is 5. The van der Waals surface area contributed by atoms with Gasteiger partial charge in [-0.1, -0.05) is 18.2 Å². The average Bonchev–Trinajstić information content (AvgIpc) is 3.14. The number of para-hydroxylation sites is 1. The Hall–Kier alpha value is -2.31. The van der Waals surface area contributed by atoms with Crippen molar-refractivity contribution >= 4 is 34.6 Å². The predicted molar refractivity (Wildman–Crippen MR) is 101 cm³/mol. The third-order valence-corrected chi connectivity index (χ3v) is 4.57. The molecule has 1 amide bonds. The molecule has 1 saturated heterocycles. The van der Waals surface area contributed by atoms with Gasteiger partial charge in [0.2, 0.25) is 0 Å². The summed E-state index contributed by atoms with van der Waals surface area (Å²) in [6.07, 6.45) is 1.77. The number of hydrogen-bond donors (Lipinski definition) is 0. The lowest BCUT2D eigenvalue weighted by molar-refractivity contribution is -0.122. The number of aryl methyl sites for hydroxylation is 1. The predicted octanol–water partition coefficient (Wildman–Crippen LogP) is 4.23. The number of furan rings is 1. The molecule has 130 valence electrons. The lowest BCUT2D eigenvalue weighted by Crippen LogP contribution is -2.32. The van der Waals surface area contributed by atoms with Crippen LogP contribution in [0, 0.1) is 6.92 Å². The topological polar surface area (TPSA) is 55.0 Å². The molecule has 1 aromatic carbocycles. The van der Waals surface area contributed by atoms with Gasteiger partial charge in [0.25, 0.3) is 5.91 Å². The smallest absolute Gasteiger partial charge is 0.266 e. The van der Waals surface area contributed by atoms with Crippen molar-refractivity contribution in [2.45, 2.75) is 13.8 Å². The molecular formula is C19H20N2O3S. The normalized spacial score (nSPS) is 17.8. The molecule has 1 fully saturated rings. The molecule has 25 heavy (non-hydrogen) atoms. The molecule has 0 N–H and O–H groups in total. The quantitative estimate of drug-likeness (QED) is 0.574. The van der Waals surface area contributed by atoms with Crippen molar-refractivity contribution in [3.05, 3.63) is 58.9 Å². The monoisotopic (exact) mass is 356 g/mol. The summed E-state index contributed by atoms with van der Waals surface area (Å²) < 4.78 is 11.0. The number of benzene rings is 1. The van der Waals surface area contributed by atoms with Gasteiger partial charge in [0.05, 0.1) is 23.7 Å². The molecule has 1 aromatic heterocycles. The number of ether oxygens (including phenoxy) is 1. The van der Waals surface area contributed by atoms with Crippen LogP contribution in [0.3, 0.4) is 0 Å². The summed E-state index contributed by atoms with van der Waals surface area (Å²) in [7, 11) is 0. The van der Waals surface area contributed by atoms with Gasteiger partial charge in [0.15, 0.2) is 5.17 Å². The van der Waals surface area contributed by atoms with E-state index in [-0.39, 0.29) is 5.91 Å². The van der Waals surface area contributed by atoms with Crippen molar-refractivity contribution in [1.29, 1.82) is 0 Å². The number of carbonyl (C=O) groups excluding carboxylic acids is 1. The first-order valence-corrected chi connectivity index (χ1v) is 8.98. The molecule has 5 nitrogen and oxygen atoms in total. The first kappa shape index (κ1) is 17.5. The molecule has 3 rings (SSSR count). The molecule has 1 aliphatic heterocycles.